The van der Waals surface area contributed by atoms with Gasteiger partial charge in [-0.1, -0.05) is 6.08 Å². The number of likely N-dealkylation sites (tertiary alicyclic amines) is 1. The molecular formula is C16H26N2O5. The van der Waals surface area contributed by atoms with E-state index >= 15 is 0 Å². The van der Waals surface area contributed by atoms with E-state index < -0.39 is 12.1 Å². The van der Waals surface area contributed by atoms with E-state index in [4.69, 9.17) is 9.84 Å². The van der Waals surface area contributed by atoms with Crippen LogP contribution in [0.4, 0.5) is 0 Å². The molecule has 1 aliphatic heterocycles. The summed E-state index contributed by atoms with van der Waals surface area (Å²) in [5.74, 6) is -1.60. The Hall–Kier alpha value is -1.89. The summed E-state index contributed by atoms with van der Waals surface area (Å²) in [4.78, 5) is 38.2. The van der Waals surface area contributed by atoms with Gasteiger partial charge in [0.2, 0.25) is 5.91 Å². The number of amides is 2. The highest BCUT2D eigenvalue weighted by molar-refractivity contribution is 5.86. The molecule has 0 spiro atoms. The van der Waals surface area contributed by atoms with E-state index in [-0.39, 0.29) is 24.3 Å². The monoisotopic (exact) mass is 326 g/mol. The summed E-state index contributed by atoms with van der Waals surface area (Å²) in [6.07, 6.45) is 2.69. The first-order chi connectivity index (χ1) is 10.9. The molecule has 1 heterocycles. The van der Waals surface area contributed by atoms with Crippen LogP contribution in [0.5, 0.6) is 0 Å². The molecule has 1 rings (SSSR count). The molecule has 0 aromatic rings. The van der Waals surface area contributed by atoms with Crippen molar-refractivity contribution in [3.05, 3.63) is 12.7 Å². The van der Waals surface area contributed by atoms with Gasteiger partial charge in [0.25, 0.3) is 5.91 Å². The number of carboxylic acid groups (broad SMARTS) is 1. The van der Waals surface area contributed by atoms with Crippen molar-refractivity contribution in [3.63, 3.8) is 0 Å². The smallest absolute Gasteiger partial charge is 0.306 e. The van der Waals surface area contributed by atoms with Gasteiger partial charge in [0.15, 0.2) is 0 Å². The summed E-state index contributed by atoms with van der Waals surface area (Å²) < 4.78 is 5.38. The lowest BCUT2D eigenvalue weighted by Crippen LogP contribution is -2.47. The Kier molecular flexibility index (Phi) is 7.74. The molecule has 1 aliphatic rings. The molecule has 130 valence electrons. The van der Waals surface area contributed by atoms with Gasteiger partial charge in [-0.15, -0.1) is 6.58 Å². The van der Waals surface area contributed by atoms with Crippen molar-refractivity contribution in [2.24, 2.45) is 5.92 Å². The van der Waals surface area contributed by atoms with Gasteiger partial charge in [0.05, 0.1) is 19.1 Å². The van der Waals surface area contributed by atoms with Gasteiger partial charge in [0.1, 0.15) is 6.10 Å². The first-order valence-electron chi connectivity index (χ1n) is 7.84. The Bertz CT molecular complexity index is 444. The normalized spacial score (nSPS) is 16.7. The number of rotatable bonds is 8. The van der Waals surface area contributed by atoms with Crippen molar-refractivity contribution in [2.45, 2.75) is 32.3 Å². The second kappa shape index (κ2) is 9.29. The predicted molar refractivity (Wildman–Crippen MR) is 84.8 cm³/mol. The molecule has 1 unspecified atom stereocenters. The van der Waals surface area contributed by atoms with Gasteiger partial charge in [0, 0.05) is 20.1 Å². The molecule has 0 aliphatic carbocycles. The Morgan fingerprint density at radius 1 is 1.39 bits per heavy atom. The molecule has 0 bridgehead atoms. The van der Waals surface area contributed by atoms with Crippen LogP contribution in [0.15, 0.2) is 12.7 Å². The summed E-state index contributed by atoms with van der Waals surface area (Å²) in [5, 5.41) is 8.95. The van der Waals surface area contributed by atoms with E-state index in [1.165, 1.54) is 4.90 Å². The van der Waals surface area contributed by atoms with Crippen molar-refractivity contribution in [1.82, 2.24) is 9.80 Å². The lowest BCUT2D eigenvalue weighted by atomic mass is 9.97. The zero-order chi connectivity index (χ0) is 17.4. The molecule has 0 aromatic heterocycles. The molecule has 1 fully saturated rings. The maximum atomic E-state index is 12.2. The van der Waals surface area contributed by atoms with Crippen molar-refractivity contribution >= 4 is 17.8 Å². The molecule has 7 heteroatoms. The largest absolute Gasteiger partial charge is 0.481 e. The summed E-state index contributed by atoms with van der Waals surface area (Å²) in [7, 11) is 1.57. The molecule has 7 nitrogen and oxygen atoms in total. The minimum Gasteiger partial charge on any atom is -0.481 e. The minimum atomic E-state index is -0.810. The lowest BCUT2D eigenvalue weighted by molar-refractivity contribution is -0.148. The Morgan fingerprint density at radius 2 is 2.00 bits per heavy atom. The third kappa shape index (κ3) is 6.02. The number of hydrogen-bond acceptors (Lipinski definition) is 4. The molecular weight excluding hydrogens is 300 g/mol. The van der Waals surface area contributed by atoms with Gasteiger partial charge in [-0.2, -0.15) is 0 Å². The maximum Gasteiger partial charge on any atom is 0.306 e. The highest BCUT2D eigenvalue weighted by atomic mass is 16.5. The van der Waals surface area contributed by atoms with Gasteiger partial charge in [-0.05, 0) is 26.2 Å². The van der Waals surface area contributed by atoms with Crippen molar-refractivity contribution in [2.75, 3.05) is 33.3 Å². The number of carbonyl (C=O) groups excluding carboxylic acids is 2. The van der Waals surface area contributed by atoms with Gasteiger partial charge in [-0.3, -0.25) is 14.4 Å². The highest BCUT2D eigenvalue weighted by Crippen LogP contribution is 2.17. The molecule has 1 N–H and O–H groups in total. The average molecular weight is 326 g/mol. The first kappa shape index (κ1) is 19.2. The highest BCUT2D eigenvalue weighted by Gasteiger charge is 2.28. The van der Waals surface area contributed by atoms with Crippen LogP contribution in [0.3, 0.4) is 0 Å². The lowest BCUT2D eigenvalue weighted by Gasteiger charge is -2.31. The third-order valence-corrected chi connectivity index (χ3v) is 3.98. The number of ether oxygens (including phenoxy) is 1. The fourth-order valence-electron chi connectivity index (χ4n) is 2.47. The van der Waals surface area contributed by atoms with Crippen LogP contribution in [0.1, 0.15) is 26.2 Å². The number of hydrogen-bond donors (Lipinski definition) is 1. The number of carboxylic acids is 1. The quantitative estimate of drug-likeness (QED) is 0.525. The second-order valence-electron chi connectivity index (χ2n) is 5.78. The first-order valence-corrected chi connectivity index (χ1v) is 7.84. The van der Waals surface area contributed by atoms with Crippen molar-refractivity contribution in [3.8, 4) is 0 Å². The van der Waals surface area contributed by atoms with E-state index in [1.54, 1.807) is 24.9 Å². The van der Waals surface area contributed by atoms with Crippen LogP contribution in [-0.4, -0.2) is 72.1 Å². The number of nitrogens with zero attached hydrogens (tertiary/aromatic N) is 2. The molecule has 0 saturated carbocycles. The number of piperidine rings is 1. The number of likely N-dealkylation sites (N-methyl/N-ethyl adjacent to an activating group) is 1. The van der Waals surface area contributed by atoms with Gasteiger partial charge >= 0.3 is 5.97 Å². The van der Waals surface area contributed by atoms with Crippen LogP contribution in [0.25, 0.3) is 0 Å². The topological polar surface area (TPSA) is 87.2 Å². The molecule has 2 amide bonds. The molecule has 0 radical (unpaired) electrons. The van der Waals surface area contributed by atoms with Crippen LogP contribution < -0.4 is 0 Å². The fraction of sp³-hybridized carbons (Fsp3) is 0.688. The second-order valence-corrected chi connectivity index (χ2v) is 5.78. The van der Waals surface area contributed by atoms with E-state index in [0.717, 1.165) is 0 Å². The summed E-state index contributed by atoms with van der Waals surface area (Å²) >= 11 is 0. The molecule has 1 saturated heterocycles. The van der Waals surface area contributed by atoms with E-state index in [2.05, 4.69) is 6.58 Å². The van der Waals surface area contributed by atoms with Crippen LogP contribution in [0.2, 0.25) is 0 Å². The standard InChI is InChI=1S/C16H26N2O5/c1-4-5-10-23-12(2)15(20)17(3)11-14(19)18-8-6-13(7-9-18)16(21)22/h4,12-13H,1,5-11H2,2-3H3,(H,21,22). The van der Waals surface area contributed by atoms with Crippen LogP contribution >= 0.6 is 0 Å². The zero-order valence-electron chi connectivity index (χ0n) is 13.9. The minimum absolute atomic E-state index is 0.0221. The Labute approximate surface area is 136 Å². The fourth-order valence-corrected chi connectivity index (χ4v) is 2.47. The molecule has 0 aromatic carbocycles. The Balaban J connectivity index is 2.39. The summed E-state index contributed by atoms with van der Waals surface area (Å²) in [5.41, 5.74) is 0. The van der Waals surface area contributed by atoms with Gasteiger partial charge < -0.3 is 19.6 Å². The Morgan fingerprint density at radius 3 is 2.52 bits per heavy atom. The van der Waals surface area contributed by atoms with Crippen molar-refractivity contribution in [1.29, 1.82) is 0 Å². The van der Waals surface area contributed by atoms with Crippen LogP contribution in [-0.2, 0) is 19.1 Å². The summed E-state index contributed by atoms with van der Waals surface area (Å²) in [6.45, 7) is 6.48. The van der Waals surface area contributed by atoms with E-state index in [9.17, 15) is 14.4 Å². The zero-order valence-corrected chi connectivity index (χ0v) is 13.9. The number of carbonyl (C=O) groups is 3. The summed E-state index contributed by atoms with van der Waals surface area (Å²) in [6, 6.07) is 0. The van der Waals surface area contributed by atoms with Crippen molar-refractivity contribution < 1.29 is 24.2 Å². The van der Waals surface area contributed by atoms with Crippen LogP contribution in [0, 0.1) is 5.92 Å². The number of aliphatic carboxylic acids is 1. The SMILES string of the molecule is C=CCCOC(C)C(=O)N(C)CC(=O)N1CCC(C(=O)O)CC1. The third-order valence-electron chi connectivity index (χ3n) is 3.98. The van der Waals surface area contributed by atoms with Gasteiger partial charge in [-0.25, -0.2) is 0 Å². The van der Waals surface area contributed by atoms with E-state index in [1.807, 2.05) is 0 Å². The average Bonchev–Trinajstić information content (AvgIpc) is 2.54. The maximum absolute atomic E-state index is 12.2. The predicted octanol–water partition coefficient (Wildman–Crippen LogP) is 0.749. The van der Waals surface area contributed by atoms with E-state index in [0.29, 0.717) is 39.0 Å². The molecule has 23 heavy (non-hydrogen) atoms. The molecule has 1 atom stereocenters.